The zero-order valence-corrected chi connectivity index (χ0v) is 18.9. The maximum atomic E-state index is 12.7. The molecule has 1 aliphatic rings. The van der Waals surface area contributed by atoms with Crippen LogP contribution in [-0.4, -0.2) is 55.3 Å². The van der Waals surface area contributed by atoms with E-state index in [9.17, 15) is 14.4 Å². The minimum absolute atomic E-state index is 0.0547. The zero-order chi connectivity index (χ0) is 23.1. The molecule has 2 aromatic rings. The maximum absolute atomic E-state index is 12.7. The lowest BCUT2D eigenvalue weighted by molar-refractivity contribution is -0.131. The van der Waals surface area contributed by atoms with Crippen LogP contribution in [0.4, 0.5) is 5.69 Å². The van der Waals surface area contributed by atoms with E-state index in [1.807, 2.05) is 45.0 Å². The Hall–Kier alpha value is -3.35. The molecule has 2 aromatic carbocycles. The molecule has 1 aliphatic heterocycles. The van der Waals surface area contributed by atoms with Crippen LogP contribution >= 0.6 is 0 Å². The van der Waals surface area contributed by atoms with E-state index in [0.29, 0.717) is 55.2 Å². The number of fused-ring (bicyclic) bond motifs is 1. The van der Waals surface area contributed by atoms with Gasteiger partial charge in [0.1, 0.15) is 11.5 Å². The summed E-state index contributed by atoms with van der Waals surface area (Å²) >= 11 is 0. The second-order valence-electron chi connectivity index (χ2n) is 7.71. The lowest BCUT2D eigenvalue weighted by Gasteiger charge is -2.30. The summed E-state index contributed by atoms with van der Waals surface area (Å²) < 4.78 is 11.1. The number of nitrogens with zero attached hydrogens (tertiary/aromatic N) is 2. The fourth-order valence-corrected chi connectivity index (χ4v) is 3.61. The van der Waals surface area contributed by atoms with E-state index in [2.05, 4.69) is 0 Å². The van der Waals surface area contributed by atoms with Crippen molar-refractivity contribution in [2.75, 3.05) is 37.7 Å². The molecule has 3 rings (SSSR count). The Labute approximate surface area is 188 Å². The standard InChI is InChI=1S/C25H30N2O5/c1-4-26(5-2)24(29)7-6-14-27-21-15-19(10-13-23(21)32-17-25(27)30)22(28)16-31-20-11-8-18(3)9-12-20/h8-13,15H,4-7,14,16-17H2,1-3H3. The number of aryl methyl sites for hydroxylation is 1. The van der Waals surface area contributed by atoms with Gasteiger partial charge in [-0.1, -0.05) is 17.7 Å². The minimum atomic E-state index is -0.192. The Morgan fingerprint density at radius 2 is 1.81 bits per heavy atom. The van der Waals surface area contributed by atoms with E-state index in [1.165, 1.54) is 0 Å². The summed E-state index contributed by atoms with van der Waals surface area (Å²) in [4.78, 5) is 40.8. The Bertz CT molecular complexity index is 967. The third-order valence-electron chi connectivity index (χ3n) is 5.50. The van der Waals surface area contributed by atoms with Gasteiger partial charge in [-0.25, -0.2) is 0 Å². The third kappa shape index (κ3) is 5.66. The summed E-state index contributed by atoms with van der Waals surface area (Å²) in [5, 5.41) is 0. The predicted molar refractivity (Wildman–Crippen MR) is 122 cm³/mol. The zero-order valence-electron chi connectivity index (χ0n) is 18.9. The molecular formula is C25H30N2O5. The van der Waals surface area contributed by atoms with E-state index in [4.69, 9.17) is 9.47 Å². The van der Waals surface area contributed by atoms with Crippen LogP contribution in [0.5, 0.6) is 11.5 Å². The number of hydrogen-bond donors (Lipinski definition) is 0. The molecule has 0 unspecified atom stereocenters. The van der Waals surface area contributed by atoms with E-state index in [-0.39, 0.29) is 30.8 Å². The summed E-state index contributed by atoms with van der Waals surface area (Å²) in [6.45, 7) is 7.45. The van der Waals surface area contributed by atoms with Gasteiger partial charge < -0.3 is 19.3 Å². The average molecular weight is 439 g/mol. The van der Waals surface area contributed by atoms with E-state index in [0.717, 1.165) is 5.56 Å². The first-order chi connectivity index (χ1) is 15.4. The molecule has 0 bridgehead atoms. The highest BCUT2D eigenvalue weighted by Crippen LogP contribution is 2.33. The summed E-state index contributed by atoms with van der Waals surface area (Å²) in [6, 6.07) is 12.5. The highest BCUT2D eigenvalue weighted by atomic mass is 16.5. The van der Waals surface area contributed by atoms with Gasteiger partial charge in [-0.2, -0.15) is 0 Å². The van der Waals surface area contributed by atoms with Crippen LogP contribution in [0.15, 0.2) is 42.5 Å². The second-order valence-corrected chi connectivity index (χ2v) is 7.71. The Kier molecular flexibility index (Phi) is 7.87. The first kappa shape index (κ1) is 23.3. The van der Waals surface area contributed by atoms with Gasteiger partial charge in [-0.05, 0) is 57.5 Å². The van der Waals surface area contributed by atoms with Crippen LogP contribution in [0.1, 0.15) is 42.6 Å². The van der Waals surface area contributed by atoms with Crippen molar-refractivity contribution in [3.8, 4) is 11.5 Å². The van der Waals surface area contributed by atoms with Gasteiger partial charge in [-0.3, -0.25) is 14.4 Å². The average Bonchev–Trinajstić information content (AvgIpc) is 2.80. The molecule has 170 valence electrons. The van der Waals surface area contributed by atoms with Gasteiger partial charge >= 0.3 is 0 Å². The number of amides is 2. The number of rotatable bonds is 10. The van der Waals surface area contributed by atoms with Gasteiger partial charge in [0.05, 0.1) is 5.69 Å². The van der Waals surface area contributed by atoms with Crippen molar-refractivity contribution in [1.29, 1.82) is 0 Å². The summed E-state index contributed by atoms with van der Waals surface area (Å²) in [6.07, 6.45) is 0.903. The molecule has 0 aromatic heterocycles. The molecular weight excluding hydrogens is 408 g/mol. The number of hydrogen-bond acceptors (Lipinski definition) is 5. The molecule has 0 radical (unpaired) electrons. The largest absolute Gasteiger partial charge is 0.485 e. The van der Waals surface area contributed by atoms with Gasteiger partial charge in [0, 0.05) is 31.6 Å². The molecule has 0 aliphatic carbocycles. The molecule has 0 N–H and O–H groups in total. The van der Waals surface area contributed by atoms with Crippen LogP contribution in [0.2, 0.25) is 0 Å². The van der Waals surface area contributed by atoms with Crippen LogP contribution in [0.3, 0.4) is 0 Å². The molecule has 0 saturated carbocycles. The number of ketones is 1. The number of anilines is 1. The maximum Gasteiger partial charge on any atom is 0.265 e. The molecule has 7 heteroatoms. The highest BCUT2D eigenvalue weighted by molar-refractivity contribution is 6.02. The fraction of sp³-hybridized carbons (Fsp3) is 0.400. The number of carbonyl (C=O) groups excluding carboxylic acids is 3. The molecule has 0 saturated heterocycles. The quantitative estimate of drug-likeness (QED) is 0.530. The molecule has 0 atom stereocenters. The summed E-state index contributed by atoms with van der Waals surface area (Å²) in [5.74, 6) is 0.875. The topological polar surface area (TPSA) is 76.2 Å². The monoisotopic (exact) mass is 438 g/mol. The van der Waals surface area contributed by atoms with Crippen molar-refractivity contribution in [3.63, 3.8) is 0 Å². The molecule has 0 fully saturated rings. The Morgan fingerprint density at radius 1 is 1.09 bits per heavy atom. The van der Waals surface area contributed by atoms with Crippen LogP contribution in [0, 0.1) is 6.92 Å². The van der Waals surface area contributed by atoms with Crippen LogP contribution < -0.4 is 14.4 Å². The summed E-state index contributed by atoms with van der Waals surface area (Å²) in [5.41, 5.74) is 2.11. The number of benzene rings is 2. The van der Waals surface area contributed by atoms with Gasteiger partial charge in [-0.15, -0.1) is 0 Å². The predicted octanol–water partition coefficient (Wildman–Crippen LogP) is 3.63. The van der Waals surface area contributed by atoms with Gasteiger partial charge in [0.2, 0.25) is 5.91 Å². The third-order valence-corrected chi connectivity index (χ3v) is 5.50. The Balaban J connectivity index is 1.66. The summed E-state index contributed by atoms with van der Waals surface area (Å²) in [7, 11) is 0. The SMILES string of the molecule is CCN(CC)C(=O)CCCN1C(=O)COc2ccc(C(=O)COc3ccc(C)cc3)cc21. The fourth-order valence-electron chi connectivity index (χ4n) is 3.61. The van der Waals surface area contributed by atoms with E-state index in [1.54, 1.807) is 28.0 Å². The van der Waals surface area contributed by atoms with E-state index < -0.39 is 0 Å². The van der Waals surface area contributed by atoms with Crippen molar-refractivity contribution < 1.29 is 23.9 Å². The normalized spacial score (nSPS) is 12.7. The molecule has 2 amide bonds. The van der Waals surface area contributed by atoms with Crippen molar-refractivity contribution >= 4 is 23.3 Å². The first-order valence-electron chi connectivity index (χ1n) is 11.0. The van der Waals surface area contributed by atoms with Gasteiger partial charge in [0.25, 0.3) is 5.91 Å². The first-order valence-corrected chi connectivity index (χ1v) is 11.0. The number of Topliss-reactive ketones (excluding diaryl/α,β-unsaturated/α-hetero) is 1. The second kappa shape index (κ2) is 10.8. The van der Waals surface area contributed by atoms with Crippen molar-refractivity contribution in [2.24, 2.45) is 0 Å². The lowest BCUT2D eigenvalue weighted by atomic mass is 10.1. The van der Waals surface area contributed by atoms with Crippen LogP contribution in [0.25, 0.3) is 0 Å². The van der Waals surface area contributed by atoms with Crippen molar-refractivity contribution in [2.45, 2.75) is 33.6 Å². The number of ether oxygens (including phenoxy) is 2. The smallest absolute Gasteiger partial charge is 0.265 e. The lowest BCUT2D eigenvalue weighted by Crippen LogP contribution is -2.40. The van der Waals surface area contributed by atoms with Crippen LogP contribution in [-0.2, 0) is 9.59 Å². The van der Waals surface area contributed by atoms with E-state index >= 15 is 0 Å². The van der Waals surface area contributed by atoms with Crippen molar-refractivity contribution in [1.82, 2.24) is 4.90 Å². The molecule has 1 heterocycles. The molecule has 32 heavy (non-hydrogen) atoms. The number of carbonyl (C=O) groups is 3. The Morgan fingerprint density at radius 3 is 2.50 bits per heavy atom. The molecule has 7 nitrogen and oxygen atoms in total. The molecule has 0 spiro atoms. The van der Waals surface area contributed by atoms with Crippen molar-refractivity contribution in [3.05, 3.63) is 53.6 Å². The van der Waals surface area contributed by atoms with Gasteiger partial charge in [0.15, 0.2) is 19.0 Å². The highest BCUT2D eigenvalue weighted by Gasteiger charge is 2.26. The minimum Gasteiger partial charge on any atom is -0.485 e.